The Balaban J connectivity index is 1.38. The van der Waals surface area contributed by atoms with Gasteiger partial charge in [0.1, 0.15) is 5.01 Å². The molecular formula is C22H24N4OS. The predicted octanol–water partition coefficient (Wildman–Crippen LogP) is 4.69. The highest BCUT2D eigenvalue weighted by atomic mass is 32.1. The van der Waals surface area contributed by atoms with Crippen molar-refractivity contribution in [3.63, 3.8) is 0 Å². The van der Waals surface area contributed by atoms with E-state index in [9.17, 15) is 4.79 Å². The molecule has 0 radical (unpaired) electrons. The van der Waals surface area contributed by atoms with E-state index >= 15 is 0 Å². The van der Waals surface area contributed by atoms with Crippen LogP contribution in [-0.2, 0) is 11.2 Å². The molecule has 144 valence electrons. The largest absolute Gasteiger partial charge is 0.372 e. The monoisotopic (exact) mass is 392 g/mol. The lowest BCUT2D eigenvalue weighted by atomic mass is 10.1. The summed E-state index contributed by atoms with van der Waals surface area (Å²) in [5.74, 6) is -0.0150. The number of pyridine rings is 1. The number of nitrogens with one attached hydrogen (secondary N) is 1. The minimum absolute atomic E-state index is 0.0150. The number of rotatable bonds is 5. The van der Waals surface area contributed by atoms with Crippen molar-refractivity contribution in [1.29, 1.82) is 0 Å². The van der Waals surface area contributed by atoms with Crippen molar-refractivity contribution < 1.29 is 4.79 Å². The van der Waals surface area contributed by atoms with Gasteiger partial charge in [-0.25, -0.2) is 4.98 Å². The first-order valence-corrected chi connectivity index (χ1v) is 10.5. The van der Waals surface area contributed by atoms with Gasteiger partial charge in [0.05, 0.1) is 12.1 Å². The highest BCUT2D eigenvalue weighted by Crippen LogP contribution is 2.28. The topological polar surface area (TPSA) is 58.1 Å². The molecule has 6 heteroatoms. The molecule has 0 bridgehead atoms. The third kappa shape index (κ3) is 4.39. The zero-order valence-electron chi connectivity index (χ0n) is 16.0. The fraction of sp³-hybridized carbons (Fsp3) is 0.318. The molecule has 1 aliphatic heterocycles. The maximum atomic E-state index is 12.5. The van der Waals surface area contributed by atoms with Gasteiger partial charge >= 0.3 is 0 Å². The zero-order chi connectivity index (χ0) is 19.3. The van der Waals surface area contributed by atoms with Crippen LogP contribution in [0.25, 0.3) is 10.6 Å². The van der Waals surface area contributed by atoms with Crippen molar-refractivity contribution in [2.75, 3.05) is 23.3 Å². The number of carbonyl (C=O) groups is 1. The summed E-state index contributed by atoms with van der Waals surface area (Å²) in [6.45, 7) is 4.20. The second-order valence-electron chi connectivity index (χ2n) is 7.08. The first-order chi connectivity index (χ1) is 13.7. The van der Waals surface area contributed by atoms with Gasteiger partial charge < -0.3 is 10.2 Å². The molecule has 1 fully saturated rings. The Morgan fingerprint density at radius 1 is 1.07 bits per heavy atom. The van der Waals surface area contributed by atoms with E-state index in [0.717, 1.165) is 39.9 Å². The number of anilines is 2. The minimum atomic E-state index is -0.0150. The van der Waals surface area contributed by atoms with Crippen molar-refractivity contribution in [1.82, 2.24) is 9.97 Å². The molecule has 4 rings (SSSR count). The van der Waals surface area contributed by atoms with Crippen LogP contribution < -0.4 is 10.2 Å². The Bertz CT molecular complexity index is 931. The molecule has 1 aliphatic rings. The van der Waals surface area contributed by atoms with Crippen molar-refractivity contribution in [3.8, 4) is 10.6 Å². The van der Waals surface area contributed by atoms with Crippen molar-refractivity contribution in [2.24, 2.45) is 0 Å². The Hall–Kier alpha value is -2.73. The van der Waals surface area contributed by atoms with Gasteiger partial charge in [-0.2, -0.15) is 0 Å². The first-order valence-electron chi connectivity index (χ1n) is 9.70. The van der Waals surface area contributed by atoms with E-state index in [4.69, 9.17) is 0 Å². The Morgan fingerprint density at radius 2 is 1.79 bits per heavy atom. The van der Waals surface area contributed by atoms with Gasteiger partial charge in [-0.3, -0.25) is 9.78 Å². The molecule has 1 saturated heterocycles. The smallest absolute Gasteiger partial charge is 0.229 e. The number of aromatic nitrogens is 2. The van der Waals surface area contributed by atoms with Gasteiger partial charge in [0, 0.05) is 47.3 Å². The highest BCUT2D eigenvalue weighted by molar-refractivity contribution is 7.15. The average molecular weight is 393 g/mol. The average Bonchev–Trinajstić information content (AvgIpc) is 3.10. The normalized spacial score (nSPS) is 14.1. The number of aryl methyl sites for hydroxylation is 1. The molecule has 1 aromatic carbocycles. The number of carbonyl (C=O) groups excluding carboxylic acids is 1. The lowest BCUT2D eigenvalue weighted by Crippen LogP contribution is -2.29. The summed E-state index contributed by atoms with van der Waals surface area (Å²) < 4.78 is 0. The summed E-state index contributed by atoms with van der Waals surface area (Å²) in [6.07, 6.45) is 7.69. The van der Waals surface area contributed by atoms with E-state index in [1.165, 1.54) is 24.9 Å². The van der Waals surface area contributed by atoms with Crippen molar-refractivity contribution >= 4 is 28.6 Å². The summed E-state index contributed by atoms with van der Waals surface area (Å²) >= 11 is 1.57. The van der Waals surface area contributed by atoms with Crippen LogP contribution in [0.2, 0.25) is 0 Å². The molecule has 3 aromatic rings. The quantitative estimate of drug-likeness (QED) is 0.685. The van der Waals surface area contributed by atoms with Crippen molar-refractivity contribution in [2.45, 2.75) is 32.6 Å². The molecule has 0 aliphatic carbocycles. The van der Waals surface area contributed by atoms with Gasteiger partial charge in [-0.15, -0.1) is 11.3 Å². The molecule has 1 amide bonds. The molecule has 1 N–H and O–H groups in total. The molecule has 0 spiro atoms. The molecule has 0 atom stereocenters. The van der Waals surface area contributed by atoms with Crippen LogP contribution in [-0.4, -0.2) is 29.0 Å². The lowest BCUT2D eigenvalue weighted by molar-refractivity contribution is -0.115. The Labute approximate surface area is 169 Å². The highest BCUT2D eigenvalue weighted by Gasteiger charge is 2.14. The van der Waals surface area contributed by atoms with Gasteiger partial charge in [0.2, 0.25) is 5.91 Å². The molecule has 5 nitrogen and oxygen atoms in total. The third-order valence-corrected chi connectivity index (χ3v) is 6.22. The number of nitrogens with zero attached hydrogens (tertiary/aromatic N) is 3. The van der Waals surface area contributed by atoms with Crippen LogP contribution in [0.5, 0.6) is 0 Å². The van der Waals surface area contributed by atoms with Crippen LogP contribution in [0.1, 0.15) is 29.8 Å². The van der Waals surface area contributed by atoms with Crippen LogP contribution in [0.4, 0.5) is 11.4 Å². The summed E-state index contributed by atoms with van der Waals surface area (Å²) in [6, 6.07) is 12.0. The van der Waals surface area contributed by atoms with Crippen LogP contribution in [0, 0.1) is 6.92 Å². The number of hydrogen-bond donors (Lipinski definition) is 1. The van der Waals surface area contributed by atoms with E-state index < -0.39 is 0 Å². The summed E-state index contributed by atoms with van der Waals surface area (Å²) in [7, 11) is 0. The van der Waals surface area contributed by atoms with E-state index in [-0.39, 0.29) is 5.91 Å². The Morgan fingerprint density at radius 3 is 2.50 bits per heavy atom. The van der Waals surface area contributed by atoms with E-state index in [2.05, 4.69) is 32.3 Å². The number of thiazole rings is 1. The maximum Gasteiger partial charge on any atom is 0.229 e. The molecule has 2 aromatic heterocycles. The molecule has 3 heterocycles. The summed E-state index contributed by atoms with van der Waals surface area (Å²) in [4.78, 5) is 24.6. The standard InChI is InChI=1S/C22H24N4OS/c1-16-20(28-22(24-16)17-9-11-23-12-10-17)15-21(27)25-18-5-7-19(8-6-18)26-13-3-2-4-14-26/h5-12H,2-4,13-15H2,1H3,(H,25,27). The lowest BCUT2D eigenvalue weighted by Gasteiger charge is -2.28. The second-order valence-corrected chi connectivity index (χ2v) is 8.17. The third-order valence-electron chi connectivity index (χ3n) is 5.01. The zero-order valence-corrected chi connectivity index (χ0v) is 16.8. The van der Waals surface area contributed by atoms with Gasteiger partial charge in [0.25, 0.3) is 0 Å². The van der Waals surface area contributed by atoms with E-state index in [1.807, 2.05) is 31.2 Å². The fourth-order valence-corrected chi connectivity index (χ4v) is 4.54. The molecular weight excluding hydrogens is 368 g/mol. The minimum Gasteiger partial charge on any atom is -0.372 e. The van der Waals surface area contributed by atoms with Gasteiger partial charge in [-0.1, -0.05) is 0 Å². The van der Waals surface area contributed by atoms with Crippen LogP contribution in [0.15, 0.2) is 48.8 Å². The molecule has 28 heavy (non-hydrogen) atoms. The fourth-order valence-electron chi connectivity index (χ4n) is 3.47. The molecule has 0 unspecified atom stereocenters. The summed E-state index contributed by atoms with van der Waals surface area (Å²) in [5, 5.41) is 3.93. The number of hydrogen-bond acceptors (Lipinski definition) is 5. The predicted molar refractivity (Wildman–Crippen MR) is 115 cm³/mol. The van der Waals surface area contributed by atoms with Gasteiger partial charge in [0.15, 0.2) is 0 Å². The first kappa shape index (κ1) is 18.6. The number of benzene rings is 1. The van der Waals surface area contributed by atoms with E-state index in [0.29, 0.717) is 6.42 Å². The SMILES string of the molecule is Cc1nc(-c2ccncc2)sc1CC(=O)Nc1ccc(N2CCCCC2)cc1. The van der Waals surface area contributed by atoms with Crippen molar-refractivity contribution in [3.05, 3.63) is 59.4 Å². The van der Waals surface area contributed by atoms with Crippen LogP contribution >= 0.6 is 11.3 Å². The van der Waals surface area contributed by atoms with Crippen LogP contribution in [0.3, 0.4) is 0 Å². The Kier molecular flexibility index (Phi) is 5.67. The van der Waals surface area contributed by atoms with E-state index in [1.54, 1.807) is 23.7 Å². The summed E-state index contributed by atoms with van der Waals surface area (Å²) in [5.41, 5.74) is 4.01. The molecule has 0 saturated carbocycles. The number of amides is 1. The number of piperidine rings is 1. The maximum absolute atomic E-state index is 12.5. The van der Waals surface area contributed by atoms with Gasteiger partial charge in [-0.05, 0) is 62.6 Å². The second kappa shape index (κ2) is 8.52.